The molecular formula is C41H64N4O8. The molecule has 0 aliphatic carbocycles. The maximum Gasteiger partial charge on any atom is 0.307 e. The molecule has 0 unspecified atom stereocenters. The van der Waals surface area contributed by atoms with Crippen molar-refractivity contribution in [3.63, 3.8) is 0 Å². The lowest BCUT2D eigenvalue weighted by molar-refractivity contribution is -0.171. The maximum absolute atomic E-state index is 13.0. The maximum atomic E-state index is 13.0. The summed E-state index contributed by atoms with van der Waals surface area (Å²) >= 11 is 0. The van der Waals surface area contributed by atoms with E-state index in [4.69, 9.17) is 18.9 Å². The molecule has 53 heavy (non-hydrogen) atoms. The summed E-state index contributed by atoms with van der Waals surface area (Å²) < 4.78 is 22.9. The summed E-state index contributed by atoms with van der Waals surface area (Å²) in [5.41, 5.74) is -1.40. The Kier molecular flexibility index (Phi) is 28.6. The van der Waals surface area contributed by atoms with Gasteiger partial charge in [0, 0.05) is 78.5 Å². The SMILES string of the molecule is C=CCN(CC=C)CCC(=O)OCC(COC(=O)CCN(CC=C)CC=C)(COC(=O)CCN(CC=C)CC=C)COC(=O)CCN(CC=C)CC=C. The normalized spacial score (nSPS) is 11.1. The zero-order valence-corrected chi connectivity index (χ0v) is 32.0. The molecule has 0 radical (unpaired) electrons. The lowest BCUT2D eigenvalue weighted by Gasteiger charge is -2.32. The summed E-state index contributed by atoms with van der Waals surface area (Å²) in [7, 11) is 0. The van der Waals surface area contributed by atoms with E-state index in [0.717, 1.165) is 0 Å². The third kappa shape index (κ3) is 24.5. The minimum atomic E-state index is -1.40. The van der Waals surface area contributed by atoms with Crippen LogP contribution in [-0.4, -0.2) is 148 Å². The second-order valence-electron chi connectivity index (χ2n) is 12.5. The highest BCUT2D eigenvalue weighted by Gasteiger charge is 2.38. The average Bonchev–Trinajstić information content (AvgIpc) is 3.14. The van der Waals surface area contributed by atoms with Crippen molar-refractivity contribution >= 4 is 23.9 Å². The van der Waals surface area contributed by atoms with E-state index >= 15 is 0 Å². The highest BCUT2D eigenvalue weighted by Crippen LogP contribution is 2.23. The Balaban J connectivity index is 6.19. The summed E-state index contributed by atoms with van der Waals surface area (Å²) in [5.74, 6) is -2.13. The van der Waals surface area contributed by atoms with Gasteiger partial charge in [-0.15, -0.1) is 52.6 Å². The van der Waals surface area contributed by atoms with E-state index in [2.05, 4.69) is 52.6 Å². The Bertz CT molecular complexity index is 965. The molecule has 0 atom stereocenters. The van der Waals surface area contributed by atoms with Crippen LogP contribution in [0.5, 0.6) is 0 Å². The molecule has 0 rings (SSSR count). The fourth-order valence-electron chi connectivity index (χ4n) is 4.96. The molecule has 0 saturated heterocycles. The molecule has 0 N–H and O–H groups in total. The molecular weight excluding hydrogens is 676 g/mol. The third-order valence-corrected chi connectivity index (χ3v) is 7.78. The summed E-state index contributed by atoms with van der Waals surface area (Å²) in [6.07, 6.45) is 14.0. The van der Waals surface area contributed by atoms with Crippen molar-refractivity contribution in [2.24, 2.45) is 5.41 Å². The summed E-state index contributed by atoms with van der Waals surface area (Å²) in [5, 5.41) is 0. The predicted octanol–water partition coefficient (Wildman–Crippen LogP) is 4.40. The molecule has 0 fully saturated rings. The molecule has 0 aliphatic heterocycles. The zero-order valence-electron chi connectivity index (χ0n) is 32.0. The van der Waals surface area contributed by atoms with Crippen LogP contribution in [0.3, 0.4) is 0 Å². The standard InChI is InChI=1S/C41H64N4O8/c1-9-21-42(22-10-2)29-17-37(46)50-33-41(34-51-38(47)18-30-43(23-11-3)24-12-4,35-52-39(48)19-31-44(25-13-5)26-14-6)36-53-40(49)20-32-45(27-15-7)28-16-8/h9-16H,1-8,17-36H2. The fraction of sp³-hybridized carbons (Fsp3) is 0.512. The van der Waals surface area contributed by atoms with Gasteiger partial charge in [-0.1, -0.05) is 48.6 Å². The van der Waals surface area contributed by atoms with Gasteiger partial charge in [0.15, 0.2) is 0 Å². The molecule has 0 heterocycles. The Morgan fingerprint density at radius 3 is 0.679 bits per heavy atom. The van der Waals surface area contributed by atoms with E-state index in [1.807, 2.05) is 19.6 Å². The van der Waals surface area contributed by atoms with E-state index < -0.39 is 29.3 Å². The lowest BCUT2D eigenvalue weighted by Crippen LogP contribution is -2.44. The molecule has 12 heteroatoms. The van der Waals surface area contributed by atoms with Crippen LogP contribution in [0, 0.1) is 5.41 Å². The van der Waals surface area contributed by atoms with Crippen molar-refractivity contribution in [1.82, 2.24) is 19.6 Å². The Morgan fingerprint density at radius 2 is 0.528 bits per heavy atom. The van der Waals surface area contributed by atoms with Crippen LogP contribution in [0.1, 0.15) is 25.7 Å². The number of hydrogen-bond acceptors (Lipinski definition) is 12. The molecule has 0 aliphatic rings. The van der Waals surface area contributed by atoms with E-state index in [0.29, 0.717) is 78.5 Å². The molecule has 0 aromatic rings. The number of carbonyl (C=O) groups excluding carboxylic acids is 4. The van der Waals surface area contributed by atoms with Crippen molar-refractivity contribution in [3.05, 3.63) is 101 Å². The highest BCUT2D eigenvalue weighted by molar-refractivity contribution is 5.71. The molecule has 0 aromatic carbocycles. The Labute approximate surface area is 318 Å². The van der Waals surface area contributed by atoms with E-state index in [-0.39, 0.29) is 52.1 Å². The van der Waals surface area contributed by atoms with Gasteiger partial charge < -0.3 is 18.9 Å². The fourth-order valence-corrected chi connectivity index (χ4v) is 4.96. The van der Waals surface area contributed by atoms with Crippen LogP contribution < -0.4 is 0 Å². The third-order valence-electron chi connectivity index (χ3n) is 7.78. The van der Waals surface area contributed by atoms with Gasteiger partial charge in [-0.3, -0.25) is 38.8 Å². The quantitative estimate of drug-likeness (QED) is 0.0515. The van der Waals surface area contributed by atoms with E-state index in [1.54, 1.807) is 48.6 Å². The van der Waals surface area contributed by atoms with Crippen LogP contribution in [-0.2, 0) is 38.1 Å². The van der Waals surface area contributed by atoms with Crippen molar-refractivity contribution in [3.8, 4) is 0 Å². The first kappa shape index (κ1) is 48.6. The monoisotopic (exact) mass is 740 g/mol. The summed E-state index contributed by atoms with van der Waals surface area (Å²) in [4.78, 5) is 60.0. The van der Waals surface area contributed by atoms with Crippen molar-refractivity contribution < 1.29 is 38.1 Å². The molecule has 12 nitrogen and oxygen atoms in total. The van der Waals surface area contributed by atoms with Crippen molar-refractivity contribution in [2.75, 3.05) is 105 Å². The minimum absolute atomic E-state index is 0.0461. The minimum Gasteiger partial charge on any atom is -0.465 e. The number of esters is 4. The van der Waals surface area contributed by atoms with Crippen molar-refractivity contribution in [2.45, 2.75) is 25.7 Å². The number of carbonyl (C=O) groups is 4. The molecule has 0 amide bonds. The summed E-state index contributed by atoms with van der Waals surface area (Å²) in [6.45, 7) is 34.6. The predicted molar refractivity (Wildman–Crippen MR) is 212 cm³/mol. The number of rotatable bonds is 36. The van der Waals surface area contributed by atoms with Crippen LogP contribution in [0.15, 0.2) is 101 Å². The number of hydrogen-bond donors (Lipinski definition) is 0. The first-order valence-corrected chi connectivity index (χ1v) is 17.9. The number of nitrogens with zero attached hydrogens (tertiary/aromatic N) is 4. The van der Waals surface area contributed by atoms with Gasteiger partial charge in [0.25, 0.3) is 0 Å². The molecule has 296 valence electrons. The van der Waals surface area contributed by atoms with Gasteiger partial charge in [-0.05, 0) is 0 Å². The van der Waals surface area contributed by atoms with Gasteiger partial charge in [-0.25, -0.2) is 0 Å². The summed E-state index contributed by atoms with van der Waals surface area (Å²) in [6, 6.07) is 0. The second kappa shape index (κ2) is 31.2. The Morgan fingerprint density at radius 1 is 0.358 bits per heavy atom. The molecule has 0 aromatic heterocycles. The smallest absolute Gasteiger partial charge is 0.307 e. The topological polar surface area (TPSA) is 118 Å². The highest BCUT2D eigenvalue weighted by atomic mass is 16.6. The first-order chi connectivity index (χ1) is 25.5. The van der Waals surface area contributed by atoms with E-state index in [9.17, 15) is 19.2 Å². The van der Waals surface area contributed by atoms with Crippen LogP contribution in [0.25, 0.3) is 0 Å². The Hall–Kier alpha value is -4.36. The average molecular weight is 741 g/mol. The van der Waals surface area contributed by atoms with E-state index in [1.165, 1.54) is 0 Å². The van der Waals surface area contributed by atoms with Gasteiger partial charge in [0.05, 0.1) is 25.7 Å². The molecule has 0 bridgehead atoms. The van der Waals surface area contributed by atoms with Gasteiger partial charge in [0.1, 0.15) is 31.8 Å². The van der Waals surface area contributed by atoms with Crippen LogP contribution in [0.2, 0.25) is 0 Å². The van der Waals surface area contributed by atoms with Gasteiger partial charge in [-0.2, -0.15) is 0 Å². The zero-order chi connectivity index (χ0) is 39.7. The van der Waals surface area contributed by atoms with Crippen LogP contribution in [0.4, 0.5) is 0 Å². The van der Waals surface area contributed by atoms with Gasteiger partial charge >= 0.3 is 23.9 Å². The second-order valence-corrected chi connectivity index (χ2v) is 12.5. The molecule has 0 spiro atoms. The molecule has 0 saturated carbocycles. The van der Waals surface area contributed by atoms with Gasteiger partial charge in [0.2, 0.25) is 0 Å². The largest absolute Gasteiger partial charge is 0.465 e. The van der Waals surface area contributed by atoms with Crippen molar-refractivity contribution in [1.29, 1.82) is 0 Å². The lowest BCUT2D eigenvalue weighted by atomic mass is 9.92. The van der Waals surface area contributed by atoms with Crippen LogP contribution >= 0.6 is 0 Å². The number of ether oxygens (including phenoxy) is 4. The first-order valence-electron chi connectivity index (χ1n) is 17.9.